The summed E-state index contributed by atoms with van der Waals surface area (Å²) in [4.78, 5) is 12.6. The maximum atomic E-state index is 12.6. The summed E-state index contributed by atoms with van der Waals surface area (Å²) in [5.41, 5.74) is 0.981. The van der Waals surface area contributed by atoms with Crippen molar-refractivity contribution >= 4 is 18.1 Å². The lowest BCUT2D eigenvalue weighted by atomic mass is 9.98. The number of fused-ring (bicyclic) bond motifs is 1. The van der Waals surface area contributed by atoms with Gasteiger partial charge in [0, 0.05) is 18.2 Å². The minimum Gasteiger partial charge on any atom is -0.571 e. The van der Waals surface area contributed by atoms with Gasteiger partial charge < -0.3 is 104 Å². The summed E-state index contributed by atoms with van der Waals surface area (Å²) >= 11 is 0. The van der Waals surface area contributed by atoms with Crippen LogP contribution >= 0.6 is 0 Å². The predicted molar refractivity (Wildman–Crippen MR) is 217 cm³/mol. The van der Waals surface area contributed by atoms with E-state index < -0.39 is 117 Å². The number of carbonyl (C=O) groups is 1. The number of phenols is 3. The van der Waals surface area contributed by atoms with Gasteiger partial charge in [-0.1, -0.05) is 12.1 Å². The quantitative estimate of drug-likeness (QED) is 0.0514. The van der Waals surface area contributed by atoms with Gasteiger partial charge in [0.2, 0.25) is 12.6 Å². The molecular weight excluding hydrogens is 868 g/mol. The summed E-state index contributed by atoms with van der Waals surface area (Å²) in [6.07, 6.45) is -22.1. The summed E-state index contributed by atoms with van der Waals surface area (Å²) in [6.45, 7) is 0.0682. The first kappa shape index (κ1) is 47.6. The number of rotatable bonds is 13. The third kappa shape index (κ3) is 10.2. The van der Waals surface area contributed by atoms with E-state index in [1.807, 2.05) is 0 Å². The molecule has 3 aromatic rings. The van der Waals surface area contributed by atoms with Crippen LogP contribution in [0.4, 0.5) is 0 Å². The Bertz CT molecular complexity index is 2180. The Kier molecular flexibility index (Phi) is 14.7. The van der Waals surface area contributed by atoms with Crippen molar-refractivity contribution in [2.24, 2.45) is 0 Å². The highest BCUT2D eigenvalue weighted by molar-refractivity contribution is 5.87. The van der Waals surface area contributed by atoms with Gasteiger partial charge in [0.25, 0.3) is 11.9 Å². The number of ether oxygens (including phenoxy) is 9. The summed E-state index contributed by atoms with van der Waals surface area (Å²) in [5.74, 6) is -1.64. The second-order valence-corrected chi connectivity index (χ2v) is 15.7. The minimum atomic E-state index is -1.93. The molecule has 4 aliphatic rings. The fourth-order valence-corrected chi connectivity index (χ4v) is 7.57. The molecule has 65 heavy (non-hydrogen) atoms. The summed E-state index contributed by atoms with van der Waals surface area (Å²) in [6, 6.07) is 12.5. The highest BCUT2D eigenvalue weighted by Crippen LogP contribution is 2.47. The van der Waals surface area contributed by atoms with E-state index in [1.165, 1.54) is 62.6 Å². The zero-order valence-corrected chi connectivity index (χ0v) is 34.6. The minimum absolute atomic E-state index is 0.0321. The van der Waals surface area contributed by atoms with Gasteiger partial charge in [0.05, 0.1) is 38.1 Å². The third-order valence-corrected chi connectivity index (χ3v) is 11.2. The van der Waals surface area contributed by atoms with Crippen molar-refractivity contribution in [3.05, 3.63) is 83.1 Å². The number of phenolic OH excluding ortho intramolecular Hbond substituents is 3. The van der Waals surface area contributed by atoms with E-state index >= 15 is 0 Å². The molecule has 22 nitrogen and oxygen atoms in total. The smallest absolute Gasteiger partial charge is 0.331 e. The second-order valence-electron chi connectivity index (χ2n) is 15.7. The number of methoxy groups -OCH3 is 1. The fraction of sp³-hybridized carbons (Fsp3) is 0.465. The molecule has 0 bridgehead atoms. The van der Waals surface area contributed by atoms with E-state index in [9.17, 15) is 66.1 Å². The average Bonchev–Trinajstić information content (AvgIpc) is 3.29. The first-order valence-electron chi connectivity index (χ1n) is 20.3. The van der Waals surface area contributed by atoms with Gasteiger partial charge >= 0.3 is 5.97 Å². The molecule has 22 heteroatoms. The fourth-order valence-electron chi connectivity index (χ4n) is 7.57. The standard InChI is InChI=1S/C43H50O22/c1-17-39(65-30(48)10-5-18-3-7-20(45)8-4-18)35(53)38(56)41(59-17)58-16-29-32(50)34(52)37(55)43(64-29)62-27-14-22-24(60-40(27)19-6-9-23(47)26(11-19)57-2)12-21(46)13-25(22)61-42-36(54)33(51)31(49)28(15-44)63-42/h3-14,17,28-29,31-47,49-56H,15-16H2,1-2H3/p+1/b10-5+/t17-,28+,29+,31-,32-,33-,34-,35+,36-,37+,38-,39-,40?,41+,42+,43+/m0/s1. The van der Waals surface area contributed by atoms with Crippen LogP contribution in [0.1, 0.15) is 29.7 Å². The molecule has 0 amide bonds. The second kappa shape index (κ2) is 20.1. The van der Waals surface area contributed by atoms with Crippen LogP contribution in [-0.2, 0) is 33.2 Å². The van der Waals surface area contributed by atoms with Crippen molar-refractivity contribution in [1.82, 2.24) is 0 Å². The number of esters is 1. The molecule has 0 radical (unpaired) electrons. The molecule has 354 valence electrons. The largest absolute Gasteiger partial charge is 0.571 e. The molecular formula is C43H51O22+. The predicted octanol–water partition coefficient (Wildman–Crippen LogP) is -1.74. The normalized spacial score (nSPS) is 34.8. The first-order valence-corrected chi connectivity index (χ1v) is 20.3. The summed E-state index contributed by atoms with van der Waals surface area (Å²) < 4.78 is 50.3. The first-order chi connectivity index (χ1) is 31.0. The van der Waals surface area contributed by atoms with E-state index in [2.05, 4.69) is 0 Å². The van der Waals surface area contributed by atoms with Gasteiger partial charge in [-0.15, -0.1) is 0 Å². The zero-order valence-electron chi connectivity index (χ0n) is 34.6. The molecule has 16 atom stereocenters. The Labute approximate surface area is 369 Å². The number of hydrogen-bond acceptors (Lipinski definition) is 21. The van der Waals surface area contributed by atoms with Crippen molar-refractivity contribution in [2.75, 3.05) is 20.3 Å². The number of hydrogen-bond donors (Lipinski definition) is 12. The van der Waals surface area contributed by atoms with Gasteiger partial charge in [-0.2, -0.15) is 0 Å². The van der Waals surface area contributed by atoms with Crippen LogP contribution in [0, 0.1) is 0 Å². The van der Waals surface area contributed by atoms with Gasteiger partial charge in [-0.3, -0.25) is 0 Å². The lowest BCUT2D eigenvalue weighted by molar-refractivity contribution is -0.325. The van der Waals surface area contributed by atoms with Crippen LogP contribution in [0.5, 0.6) is 34.5 Å². The number of benzene rings is 3. The van der Waals surface area contributed by atoms with Crippen LogP contribution in [0.2, 0.25) is 0 Å². The van der Waals surface area contributed by atoms with Crippen molar-refractivity contribution < 1.29 is 109 Å². The monoisotopic (exact) mass is 919 g/mol. The van der Waals surface area contributed by atoms with Crippen molar-refractivity contribution in [2.45, 2.75) is 105 Å². The van der Waals surface area contributed by atoms with Gasteiger partial charge in [-0.05, 0) is 48.9 Å². The number of aliphatic hydroxyl groups is 10. The highest BCUT2D eigenvalue weighted by Gasteiger charge is 2.50. The Morgan fingerprint density at radius 3 is 2.03 bits per heavy atom. The molecule has 1 unspecified atom stereocenters. The lowest BCUT2D eigenvalue weighted by Crippen LogP contribution is -2.61. The Hall–Kier alpha value is -5.31. The molecule has 13 N–H and O–H groups in total. The van der Waals surface area contributed by atoms with Crippen LogP contribution in [-0.4, -0.2) is 184 Å². The highest BCUT2D eigenvalue weighted by atomic mass is 16.7. The maximum Gasteiger partial charge on any atom is 0.331 e. The van der Waals surface area contributed by atoms with Gasteiger partial charge in [-0.25, -0.2) is 4.79 Å². The van der Waals surface area contributed by atoms with Crippen LogP contribution in [0.3, 0.4) is 0 Å². The van der Waals surface area contributed by atoms with E-state index in [1.54, 1.807) is 12.1 Å². The topological polar surface area (TPSA) is 346 Å². The number of aromatic hydroxyl groups is 4. The van der Waals surface area contributed by atoms with Gasteiger partial charge in [0.1, 0.15) is 83.9 Å². The van der Waals surface area contributed by atoms with Crippen molar-refractivity contribution in [1.29, 1.82) is 0 Å². The molecule has 3 saturated heterocycles. The number of aliphatic hydroxyl groups excluding tert-OH is 9. The molecule has 3 aromatic carbocycles. The molecule has 7 rings (SSSR count). The molecule has 4 aliphatic heterocycles. The summed E-state index contributed by atoms with van der Waals surface area (Å²) in [7, 11) is 1.31. The average molecular weight is 920 g/mol. The van der Waals surface area contributed by atoms with Crippen LogP contribution in [0.15, 0.2) is 66.4 Å². The Balaban J connectivity index is 1.09. The van der Waals surface area contributed by atoms with Crippen LogP contribution < -0.4 is 9.47 Å². The number of carbonyl (C=O) groups excluding carboxylic acids is 1. The van der Waals surface area contributed by atoms with Crippen LogP contribution in [0.25, 0.3) is 12.2 Å². The zero-order chi connectivity index (χ0) is 46.9. The van der Waals surface area contributed by atoms with E-state index in [0.29, 0.717) is 11.1 Å². The Morgan fingerprint density at radius 2 is 1.35 bits per heavy atom. The molecule has 4 heterocycles. The van der Waals surface area contributed by atoms with E-state index in [0.717, 1.165) is 12.1 Å². The summed E-state index contributed by atoms with van der Waals surface area (Å²) in [5, 5.41) is 127. The maximum absolute atomic E-state index is 12.6. The molecule has 0 aromatic heterocycles. The molecule has 0 saturated carbocycles. The molecule has 0 spiro atoms. The Morgan fingerprint density at radius 1 is 0.708 bits per heavy atom. The van der Waals surface area contributed by atoms with Gasteiger partial charge in [0.15, 0.2) is 29.7 Å². The SMILES string of the molecule is COc1cc(C2[OH+]c3cc(O)cc(O[C@@H]4O[C@H](CO)[C@H](O)[C@H](O)[C@@H]4O)c3C=C2O[C@@H]2O[C@H](CO[C@@H]3O[C@@H](C)[C@H](OC(=O)/C=C/c4ccc(O)cc4)[C@H](O)[C@@H]3O)[C@H](O)[C@H](O)[C@H]2O)ccc1O. The lowest BCUT2D eigenvalue weighted by Gasteiger charge is -2.43. The van der Waals surface area contributed by atoms with Crippen molar-refractivity contribution in [3.63, 3.8) is 0 Å². The molecule has 3 fully saturated rings. The van der Waals surface area contributed by atoms with E-state index in [-0.39, 0.29) is 45.8 Å². The third-order valence-electron chi connectivity index (χ3n) is 11.2. The van der Waals surface area contributed by atoms with Crippen molar-refractivity contribution in [3.8, 4) is 34.5 Å². The van der Waals surface area contributed by atoms with E-state index in [4.69, 9.17) is 42.6 Å². The molecule has 0 aliphatic carbocycles.